The molecule has 0 saturated heterocycles. The molecule has 77 heavy (non-hydrogen) atoms. The molecule has 9 aromatic carbocycles. The van der Waals surface area contributed by atoms with Gasteiger partial charge >= 0.3 is 6.01 Å². The van der Waals surface area contributed by atoms with Gasteiger partial charge in [0.05, 0.1) is 47.5 Å². The van der Waals surface area contributed by atoms with E-state index in [0.29, 0.717) is 57.4 Å². The second-order valence-corrected chi connectivity index (χ2v) is 20.0. The number of hydrogen-bond acceptors (Lipinski definition) is 5. The van der Waals surface area contributed by atoms with Gasteiger partial charge in [-0.05, 0) is 87.6 Å². The highest BCUT2D eigenvalue weighted by Gasteiger charge is 2.40. The van der Waals surface area contributed by atoms with Gasteiger partial charge < -0.3 is 4.74 Å². The standard InChI is InChI=1S/C69H53N7O/c1-45-30-34-49(35-31-45)66-71-67(50-36-32-46(2)33-37-50)73-68(72-66)58-42-57-56-23-12-13-26-59(56)76(64-29-16-17-38-70-64)62(57)43-63(58)77-53-40-51(69(3,4)5)39-52(41-53)74-44-75(61-28-15-14-27-60(61)74)65-54(47-19-8-6-9-20-47)24-18-25-55(65)48-21-10-7-11-22-48/h6-43H,1-5H3/q+2/i6D,7D,8D,9D,10D,11D,19D,20D,21D,22D. The second-order valence-electron chi connectivity index (χ2n) is 20.0. The first-order chi connectivity index (χ1) is 41.7. The van der Waals surface area contributed by atoms with E-state index in [2.05, 4.69) is 49.5 Å². The maximum atomic E-state index is 9.22. The van der Waals surface area contributed by atoms with Crippen LogP contribution in [0.3, 0.4) is 0 Å². The molecule has 4 heterocycles. The minimum atomic E-state index is -0.584. The number of fused-ring (bicyclic) bond motifs is 4. The number of nitrogens with zero attached hydrogens (tertiary/aromatic N) is 7. The Morgan fingerprint density at radius 2 is 1.09 bits per heavy atom. The van der Waals surface area contributed by atoms with Crippen molar-refractivity contribution in [1.82, 2.24) is 33.7 Å². The van der Waals surface area contributed by atoms with Crippen LogP contribution in [0.15, 0.2) is 230 Å². The van der Waals surface area contributed by atoms with Gasteiger partial charge in [-0.25, -0.2) is 19.9 Å². The minimum absolute atomic E-state index is 0.133. The SMILES string of the molecule is [2H]c1c([2H])c([2H])c(-c2cccc(-c3c([2H])c([2H])c([2H])c([2H])c3[2H])c2[N+]2=C=[N+](c3cc(Oc4cc5c(cc4-c4nc(-c6ccc(C)cc6)nc(-c6ccc(C)cc6)n4)c4ccccc4n5-c4ccccn4)cc(C(C)(C)C)c3)c3ccccc32)c([2H])c1[2H]. The van der Waals surface area contributed by atoms with Crippen LogP contribution in [-0.2, 0) is 5.41 Å². The summed E-state index contributed by atoms with van der Waals surface area (Å²) in [6, 6.07) is 50.5. The average Bonchev–Trinajstić information content (AvgIpc) is 1.76. The zero-order chi connectivity index (χ0) is 60.9. The van der Waals surface area contributed by atoms with E-state index in [1.807, 2.05) is 146 Å². The molecule has 0 saturated carbocycles. The molecule has 0 amide bonds. The lowest BCUT2D eigenvalue weighted by molar-refractivity contribution is 0.480. The summed E-state index contributed by atoms with van der Waals surface area (Å²) < 4.78 is 102. The molecule has 8 nitrogen and oxygen atoms in total. The van der Waals surface area contributed by atoms with Crippen molar-refractivity contribution in [2.24, 2.45) is 0 Å². The normalized spacial score (nSPS) is 14.0. The third kappa shape index (κ3) is 8.76. The fraction of sp³-hybridized carbons (Fsp3) is 0.0870. The largest absolute Gasteiger partial charge is 0.503 e. The van der Waals surface area contributed by atoms with Gasteiger partial charge in [0.15, 0.2) is 17.5 Å². The predicted molar refractivity (Wildman–Crippen MR) is 315 cm³/mol. The molecule has 0 atom stereocenters. The van der Waals surface area contributed by atoms with Crippen molar-refractivity contribution in [3.05, 3.63) is 247 Å². The number of ether oxygens (including phenoxy) is 1. The van der Waals surface area contributed by atoms with Crippen molar-refractivity contribution in [1.29, 1.82) is 0 Å². The van der Waals surface area contributed by atoms with Gasteiger partial charge in [0.25, 0.3) is 11.4 Å². The molecule has 0 spiro atoms. The second kappa shape index (κ2) is 19.1. The molecule has 1 aliphatic rings. The van der Waals surface area contributed by atoms with E-state index in [1.54, 1.807) is 29.0 Å². The topological polar surface area (TPSA) is 71.7 Å². The van der Waals surface area contributed by atoms with Gasteiger partial charge in [0, 0.05) is 52.4 Å². The quantitative estimate of drug-likeness (QED) is 0.128. The van der Waals surface area contributed by atoms with E-state index in [0.717, 1.165) is 49.6 Å². The maximum Gasteiger partial charge on any atom is 0.503 e. The fourth-order valence-electron chi connectivity index (χ4n) is 9.85. The first-order valence-corrected chi connectivity index (χ1v) is 25.2. The minimum Gasteiger partial charge on any atom is -0.456 e. The number of hydrogen-bond donors (Lipinski definition) is 0. The molecular weight excluding hydrogens is 943 g/mol. The lowest BCUT2D eigenvalue weighted by Crippen LogP contribution is -2.12. The first-order valence-electron chi connectivity index (χ1n) is 30.2. The average molecular weight is 1010 g/mol. The lowest BCUT2D eigenvalue weighted by Gasteiger charge is -2.20. The number of rotatable bonds is 10. The first kappa shape index (κ1) is 36.9. The van der Waals surface area contributed by atoms with Gasteiger partial charge in [-0.1, -0.05) is 183 Å². The molecule has 368 valence electrons. The van der Waals surface area contributed by atoms with Crippen LogP contribution in [0.4, 0.5) is 22.7 Å². The molecule has 0 unspecified atom stereocenters. The van der Waals surface area contributed by atoms with Crippen LogP contribution in [0.25, 0.3) is 84.0 Å². The van der Waals surface area contributed by atoms with Crippen molar-refractivity contribution in [3.63, 3.8) is 0 Å². The number of para-hydroxylation sites is 4. The van der Waals surface area contributed by atoms with Gasteiger partial charge in [-0.3, -0.25) is 4.57 Å². The molecule has 0 N–H and O–H groups in total. The summed E-state index contributed by atoms with van der Waals surface area (Å²) in [5, 5.41) is 1.88. The fourth-order valence-corrected chi connectivity index (χ4v) is 9.85. The highest BCUT2D eigenvalue weighted by Crippen LogP contribution is 2.47. The lowest BCUT2D eigenvalue weighted by atomic mass is 9.86. The van der Waals surface area contributed by atoms with Crippen LogP contribution in [0.5, 0.6) is 11.5 Å². The zero-order valence-electron chi connectivity index (χ0n) is 52.7. The molecule has 0 aliphatic carbocycles. The Labute approximate surface area is 462 Å². The van der Waals surface area contributed by atoms with Gasteiger partial charge in [0.2, 0.25) is 11.4 Å². The Kier molecular flexibility index (Phi) is 9.17. The summed E-state index contributed by atoms with van der Waals surface area (Å²) in [5.74, 6) is 2.87. The van der Waals surface area contributed by atoms with Crippen LogP contribution in [0.1, 0.15) is 51.2 Å². The Bertz CT molecular complexity index is 4730. The molecule has 0 fully saturated rings. The maximum absolute atomic E-state index is 9.22. The van der Waals surface area contributed by atoms with E-state index < -0.39 is 65.8 Å². The van der Waals surface area contributed by atoms with Crippen molar-refractivity contribution in [2.45, 2.75) is 40.0 Å². The van der Waals surface area contributed by atoms with Crippen molar-refractivity contribution in [3.8, 4) is 73.7 Å². The number of aromatic nitrogens is 5. The van der Waals surface area contributed by atoms with Gasteiger partial charge in [0.1, 0.15) is 17.3 Å². The monoisotopic (exact) mass is 1010 g/mol. The highest BCUT2D eigenvalue weighted by atomic mass is 16.5. The summed E-state index contributed by atoms with van der Waals surface area (Å²) >= 11 is 0. The Balaban J connectivity index is 1.09. The van der Waals surface area contributed by atoms with E-state index in [4.69, 9.17) is 32.9 Å². The molecule has 12 aromatic rings. The third-order valence-corrected chi connectivity index (χ3v) is 13.8. The highest BCUT2D eigenvalue weighted by molar-refractivity contribution is 6.11. The summed E-state index contributed by atoms with van der Waals surface area (Å²) in [4.78, 5) is 20.4. The van der Waals surface area contributed by atoms with E-state index >= 15 is 0 Å². The number of pyridine rings is 1. The van der Waals surface area contributed by atoms with Crippen LogP contribution in [-0.4, -0.2) is 30.5 Å². The Morgan fingerprint density at radius 3 is 1.70 bits per heavy atom. The van der Waals surface area contributed by atoms with E-state index in [-0.39, 0.29) is 27.9 Å². The summed E-state index contributed by atoms with van der Waals surface area (Å²) in [6.07, 6.45) is 1.77. The molecule has 8 heteroatoms. The Hall–Kier alpha value is -9.88. The van der Waals surface area contributed by atoms with E-state index in [1.165, 1.54) is 0 Å². The molecule has 0 bridgehead atoms. The van der Waals surface area contributed by atoms with Crippen molar-refractivity contribution >= 4 is 50.6 Å². The van der Waals surface area contributed by atoms with Crippen LogP contribution >= 0.6 is 0 Å². The summed E-state index contributed by atoms with van der Waals surface area (Å²) in [7, 11) is 0. The number of aryl methyl sites for hydroxylation is 2. The van der Waals surface area contributed by atoms with E-state index in [9.17, 15) is 5.48 Å². The molecule has 3 aromatic heterocycles. The van der Waals surface area contributed by atoms with Crippen LogP contribution in [0, 0.1) is 13.8 Å². The van der Waals surface area contributed by atoms with Crippen molar-refractivity contribution < 1.29 is 18.4 Å². The third-order valence-electron chi connectivity index (χ3n) is 13.8. The van der Waals surface area contributed by atoms with Crippen molar-refractivity contribution in [2.75, 3.05) is 0 Å². The van der Waals surface area contributed by atoms with Gasteiger partial charge in [-0.2, -0.15) is 0 Å². The predicted octanol–water partition coefficient (Wildman–Crippen LogP) is 17.3. The zero-order valence-corrected chi connectivity index (χ0v) is 42.7. The van der Waals surface area contributed by atoms with Crippen LogP contribution in [0.2, 0.25) is 0 Å². The van der Waals surface area contributed by atoms with Gasteiger partial charge in [-0.15, -0.1) is 0 Å². The smallest absolute Gasteiger partial charge is 0.456 e. The number of benzene rings is 9. The van der Waals surface area contributed by atoms with Crippen LogP contribution < -0.4 is 13.9 Å². The Morgan fingerprint density at radius 1 is 0.506 bits per heavy atom. The molecular formula is C69H53N7O+2. The molecule has 13 rings (SSSR count). The summed E-state index contributed by atoms with van der Waals surface area (Å²) in [5.41, 5.74) is 8.33. The molecule has 1 aliphatic heterocycles. The molecule has 0 radical (unpaired) electrons. The summed E-state index contributed by atoms with van der Waals surface area (Å²) in [6.45, 7) is 10.4.